The van der Waals surface area contributed by atoms with E-state index in [0.29, 0.717) is 29.5 Å². The lowest BCUT2D eigenvalue weighted by Crippen LogP contribution is -2.13. The van der Waals surface area contributed by atoms with Crippen molar-refractivity contribution < 1.29 is 9.47 Å². The highest BCUT2D eigenvalue weighted by Crippen LogP contribution is 2.28. The maximum absolute atomic E-state index is 7.61. The van der Waals surface area contributed by atoms with Gasteiger partial charge in [0.25, 0.3) is 0 Å². The third-order valence-corrected chi connectivity index (χ3v) is 2.79. The third kappa shape index (κ3) is 2.74. The average Bonchev–Trinajstić information content (AvgIpc) is 2.67. The van der Waals surface area contributed by atoms with Crippen LogP contribution in [0.1, 0.15) is 18.2 Å². The summed E-state index contributed by atoms with van der Waals surface area (Å²) < 4.78 is 12.7. The molecule has 3 N–H and O–H groups in total. The van der Waals surface area contributed by atoms with Crippen molar-refractivity contribution in [1.82, 2.24) is 9.78 Å². The van der Waals surface area contributed by atoms with Crippen LogP contribution < -0.4 is 15.2 Å². The second-order valence-corrected chi connectivity index (χ2v) is 4.31. The van der Waals surface area contributed by atoms with Gasteiger partial charge in [-0.3, -0.25) is 5.41 Å². The summed E-state index contributed by atoms with van der Waals surface area (Å²) in [6.45, 7) is 4.35. The van der Waals surface area contributed by atoms with Crippen LogP contribution in [0.15, 0.2) is 24.3 Å². The Morgan fingerprint density at radius 1 is 1.30 bits per heavy atom. The minimum Gasteiger partial charge on any atom is -0.494 e. The summed E-state index contributed by atoms with van der Waals surface area (Å²) in [7, 11) is 1.75. The molecule has 6 nitrogen and oxygen atoms in total. The fourth-order valence-corrected chi connectivity index (χ4v) is 1.95. The van der Waals surface area contributed by atoms with Crippen LogP contribution in [0.4, 0.5) is 0 Å². The van der Waals surface area contributed by atoms with E-state index in [-0.39, 0.29) is 5.84 Å². The fourth-order valence-electron chi connectivity index (χ4n) is 1.95. The van der Waals surface area contributed by atoms with Gasteiger partial charge in [0.15, 0.2) is 0 Å². The number of nitrogen functional groups attached to an aromatic ring is 1. The minimum atomic E-state index is -0.0588. The van der Waals surface area contributed by atoms with Gasteiger partial charge in [-0.1, -0.05) is 0 Å². The predicted molar refractivity (Wildman–Crippen MR) is 76.6 cm³/mol. The molecule has 2 aromatic rings. The predicted octanol–water partition coefficient (Wildman–Crippen LogP) is 2.20. The zero-order valence-electron chi connectivity index (χ0n) is 11.8. The molecule has 0 saturated carbocycles. The first-order valence-corrected chi connectivity index (χ1v) is 6.31. The smallest absolute Gasteiger partial charge is 0.228 e. The van der Waals surface area contributed by atoms with Crippen molar-refractivity contribution in [3.8, 4) is 17.4 Å². The third-order valence-electron chi connectivity index (χ3n) is 2.79. The molecule has 0 amide bonds. The molecule has 106 valence electrons. The molecule has 0 fully saturated rings. The van der Waals surface area contributed by atoms with E-state index >= 15 is 0 Å². The molecule has 1 aromatic carbocycles. The number of nitrogens with two attached hydrogens (primary N) is 1. The molecule has 0 radical (unpaired) electrons. The van der Waals surface area contributed by atoms with Gasteiger partial charge in [0, 0.05) is 7.05 Å². The maximum atomic E-state index is 7.61. The number of aryl methyl sites for hydroxylation is 2. The standard InChI is InChI=1S/C14H18N4O2/c1-4-19-10-5-7-11(8-6-10)20-14-12(13(15)16)9(2)17-18(14)3/h5-8H,4H2,1-3H3,(H3,15,16). The molecule has 0 atom stereocenters. The van der Waals surface area contributed by atoms with Crippen LogP contribution >= 0.6 is 0 Å². The quantitative estimate of drug-likeness (QED) is 0.646. The number of nitrogens with one attached hydrogen (secondary N) is 1. The van der Waals surface area contributed by atoms with Crippen LogP contribution in [0.2, 0.25) is 0 Å². The Kier molecular flexibility index (Phi) is 3.93. The lowest BCUT2D eigenvalue weighted by Gasteiger charge is -2.09. The Morgan fingerprint density at radius 2 is 1.90 bits per heavy atom. The number of amidine groups is 1. The lowest BCUT2D eigenvalue weighted by atomic mass is 10.2. The first kappa shape index (κ1) is 13.9. The highest BCUT2D eigenvalue weighted by molar-refractivity contribution is 5.98. The molecule has 2 rings (SSSR count). The van der Waals surface area contributed by atoms with E-state index in [1.807, 2.05) is 19.1 Å². The highest BCUT2D eigenvalue weighted by atomic mass is 16.5. The lowest BCUT2D eigenvalue weighted by molar-refractivity contribution is 0.339. The van der Waals surface area contributed by atoms with Crippen molar-refractivity contribution >= 4 is 5.84 Å². The monoisotopic (exact) mass is 274 g/mol. The van der Waals surface area contributed by atoms with E-state index in [2.05, 4.69) is 5.10 Å². The van der Waals surface area contributed by atoms with Gasteiger partial charge in [0.1, 0.15) is 22.9 Å². The molecule has 0 unspecified atom stereocenters. The van der Waals surface area contributed by atoms with Gasteiger partial charge >= 0.3 is 0 Å². The van der Waals surface area contributed by atoms with Crippen LogP contribution in [0.5, 0.6) is 17.4 Å². The van der Waals surface area contributed by atoms with Crippen molar-refractivity contribution in [2.24, 2.45) is 12.8 Å². The molecular formula is C14H18N4O2. The zero-order valence-corrected chi connectivity index (χ0v) is 11.8. The Hall–Kier alpha value is -2.50. The Bertz CT molecular complexity index is 617. The van der Waals surface area contributed by atoms with Gasteiger partial charge in [-0.15, -0.1) is 0 Å². The second-order valence-electron chi connectivity index (χ2n) is 4.31. The molecule has 6 heteroatoms. The van der Waals surface area contributed by atoms with Gasteiger partial charge < -0.3 is 15.2 Å². The summed E-state index contributed by atoms with van der Waals surface area (Å²) >= 11 is 0. The van der Waals surface area contributed by atoms with Crippen LogP contribution in [-0.2, 0) is 7.05 Å². The fraction of sp³-hybridized carbons (Fsp3) is 0.286. The Balaban J connectivity index is 2.28. The summed E-state index contributed by atoms with van der Waals surface area (Å²) in [5.41, 5.74) is 6.76. The van der Waals surface area contributed by atoms with Crippen LogP contribution in [0.25, 0.3) is 0 Å². The normalized spacial score (nSPS) is 10.3. The summed E-state index contributed by atoms with van der Waals surface area (Å²) in [6.07, 6.45) is 0. The van der Waals surface area contributed by atoms with Gasteiger partial charge in [0.05, 0.1) is 12.3 Å². The Labute approximate surface area is 117 Å². The highest BCUT2D eigenvalue weighted by Gasteiger charge is 2.17. The van der Waals surface area contributed by atoms with Crippen LogP contribution in [0, 0.1) is 12.3 Å². The zero-order chi connectivity index (χ0) is 14.7. The molecule has 0 aliphatic heterocycles. The molecule has 0 bridgehead atoms. The number of nitrogens with zero attached hydrogens (tertiary/aromatic N) is 2. The van der Waals surface area contributed by atoms with E-state index in [9.17, 15) is 0 Å². The van der Waals surface area contributed by atoms with Crippen molar-refractivity contribution in [3.63, 3.8) is 0 Å². The number of hydrogen-bond acceptors (Lipinski definition) is 4. The van der Waals surface area contributed by atoms with Crippen molar-refractivity contribution in [2.45, 2.75) is 13.8 Å². The van der Waals surface area contributed by atoms with Crippen LogP contribution in [-0.4, -0.2) is 22.2 Å². The SMILES string of the molecule is CCOc1ccc(Oc2c(C(=N)N)c(C)nn2C)cc1. The molecule has 1 heterocycles. The van der Waals surface area contributed by atoms with Gasteiger partial charge in [-0.2, -0.15) is 5.10 Å². The molecule has 1 aromatic heterocycles. The summed E-state index contributed by atoms with van der Waals surface area (Å²) in [5.74, 6) is 1.82. The van der Waals surface area contributed by atoms with Gasteiger partial charge in [-0.05, 0) is 38.1 Å². The van der Waals surface area contributed by atoms with Crippen molar-refractivity contribution in [1.29, 1.82) is 5.41 Å². The largest absolute Gasteiger partial charge is 0.494 e. The molecule has 20 heavy (non-hydrogen) atoms. The summed E-state index contributed by atoms with van der Waals surface area (Å²) in [4.78, 5) is 0. The minimum absolute atomic E-state index is 0.0588. The van der Waals surface area contributed by atoms with E-state index in [1.165, 1.54) is 0 Å². The first-order valence-electron chi connectivity index (χ1n) is 6.31. The van der Waals surface area contributed by atoms with Crippen molar-refractivity contribution in [2.75, 3.05) is 6.61 Å². The van der Waals surface area contributed by atoms with Gasteiger partial charge in [-0.25, -0.2) is 4.68 Å². The van der Waals surface area contributed by atoms with Gasteiger partial charge in [0.2, 0.25) is 5.88 Å². The Morgan fingerprint density at radius 3 is 2.45 bits per heavy atom. The van der Waals surface area contributed by atoms with E-state index in [1.54, 1.807) is 30.8 Å². The number of aromatic nitrogens is 2. The first-order chi connectivity index (χ1) is 9.52. The topological polar surface area (TPSA) is 86.2 Å². The molecule has 0 saturated heterocycles. The van der Waals surface area contributed by atoms with Crippen molar-refractivity contribution in [3.05, 3.63) is 35.5 Å². The number of ether oxygens (including phenoxy) is 2. The molecule has 0 aliphatic rings. The van der Waals surface area contributed by atoms with E-state index in [4.69, 9.17) is 20.6 Å². The summed E-state index contributed by atoms with van der Waals surface area (Å²) in [5, 5.41) is 11.8. The number of hydrogen-bond donors (Lipinski definition) is 2. The van der Waals surface area contributed by atoms with Crippen LogP contribution in [0.3, 0.4) is 0 Å². The average molecular weight is 274 g/mol. The number of benzene rings is 1. The summed E-state index contributed by atoms with van der Waals surface area (Å²) in [6, 6.07) is 7.26. The molecule has 0 spiro atoms. The second kappa shape index (κ2) is 5.64. The number of rotatable bonds is 5. The molecular weight excluding hydrogens is 256 g/mol. The van der Waals surface area contributed by atoms with E-state index in [0.717, 1.165) is 5.75 Å². The molecule has 0 aliphatic carbocycles. The maximum Gasteiger partial charge on any atom is 0.228 e. The van der Waals surface area contributed by atoms with E-state index < -0.39 is 0 Å².